The Bertz CT molecular complexity index is 778. The lowest BCUT2D eigenvalue weighted by atomic mass is 10.2. The van der Waals surface area contributed by atoms with Crippen molar-refractivity contribution in [1.29, 1.82) is 0 Å². The Morgan fingerprint density at radius 3 is 2.52 bits per heavy atom. The first-order chi connectivity index (χ1) is 9.83. The predicted molar refractivity (Wildman–Crippen MR) is 79.9 cm³/mol. The van der Waals surface area contributed by atoms with E-state index in [1.54, 1.807) is 13.0 Å². The van der Waals surface area contributed by atoms with Crippen LogP contribution in [-0.4, -0.2) is 15.5 Å². The number of sulfonamides is 1. The molecule has 0 heterocycles. The van der Waals surface area contributed by atoms with Gasteiger partial charge in [0, 0.05) is 6.07 Å². The molecule has 0 aliphatic carbocycles. The van der Waals surface area contributed by atoms with Crippen molar-refractivity contribution in [2.24, 2.45) is 0 Å². The van der Waals surface area contributed by atoms with Crippen LogP contribution >= 0.6 is 11.6 Å². The highest BCUT2D eigenvalue weighted by Crippen LogP contribution is 2.29. The van der Waals surface area contributed by atoms with Crippen LogP contribution in [0, 0.1) is 12.7 Å². The van der Waals surface area contributed by atoms with E-state index in [2.05, 4.69) is 4.72 Å². The van der Waals surface area contributed by atoms with Gasteiger partial charge in [-0.2, -0.15) is 0 Å². The zero-order valence-electron chi connectivity index (χ0n) is 11.4. The van der Waals surface area contributed by atoms with E-state index in [1.165, 1.54) is 31.4 Å². The summed E-state index contributed by atoms with van der Waals surface area (Å²) in [5.41, 5.74) is 0.634. The Balaban J connectivity index is 2.40. The topological polar surface area (TPSA) is 55.4 Å². The summed E-state index contributed by atoms with van der Waals surface area (Å²) in [6.45, 7) is 1.59. The Kier molecular flexibility index (Phi) is 4.39. The minimum atomic E-state index is -3.92. The number of hydrogen-bond acceptors (Lipinski definition) is 3. The molecule has 0 radical (unpaired) electrons. The van der Waals surface area contributed by atoms with Crippen LogP contribution in [-0.2, 0) is 10.0 Å². The molecular weight excluding hydrogens is 317 g/mol. The molecule has 0 aromatic heterocycles. The molecule has 2 aromatic rings. The SMILES string of the molecule is COc1ccc(NS(=O)(=O)c2cc(F)ccc2C)c(Cl)c1. The Morgan fingerprint density at radius 2 is 1.90 bits per heavy atom. The molecule has 0 atom stereocenters. The minimum Gasteiger partial charge on any atom is -0.497 e. The smallest absolute Gasteiger partial charge is 0.262 e. The van der Waals surface area contributed by atoms with Crippen LogP contribution in [0.25, 0.3) is 0 Å². The van der Waals surface area contributed by atoms with Crippen LogP contribution in [0.5, 0.6) is 5.75 Å². The summed E-state index contributed by atoms with van der Waals surface area (Å²) in [5.74, 6) is -0.119. The Morgan fingerprint density at radius 1 is 1.19 bits per heavy atom. The number of anilines is 1. The van der Waals surface area contributed by atoms with Crippen LogP contribution in [0.15, 0.2) is 41.3 Å². The van der Waals surface area contributed by atoms with E-state index in [0.717, 1.165) is 6.07 Å². The molecular formula is C14H13ClFNO3S. The Hall–Kier alpha value is -1.79. The third-order valence-corrected chi connectivity index (χ3v) is 4.68. The lowest BCUT2D eigenvalue weighted by Crippen LogP contribution is -2.14. The molecule has 0 unspecified atom stereocenters. The molecule has 4 nitrogen and oxygen atoms in total. The van der Waals surface area contributed by atoms with Crippen molar-refractivity contribution in [3.8, 4) is 5.75 Å². The quantitative estimate of drug-likeness (QED) is 0.932. The summed E-state index contributed by atoms with van der Waals surface area (Å²) in [7, 11) is -2.45. The van der Waals surface area contributed by atoms with E-state index >= 15 is 0 Å². The molecule has 0 spiro atoms. The number of methoxy groups -OCH3 is 1. The number of ether oxygens (including phenoxy) is 1. The van der Waals surface area contributed by atoms with Gasteiger partial charge in [0.1, 0.15) is 11.6 Å². The molecule has 7 heteroatoms. The van der Waals surface area contributed by atoms with Gasteiger partial charge in [0.05, 0.1) is 22.7 Å². The lowest BCUT2D eigenvalue weighted by Gasteiger charge is -2.12. The Labute approximate surface area is 127 Å². The van der Waals surface area contributed by atoms with Gasteiger partial charge in [-0.05, 0) is 36.8 Å². The molecule has 2 aromatic carbocycles. The van der Waals surface area contributed by atoms with Gasteiger partial charge in [0.2, 0.25) is 0 Å². The van der Waals surface area contributed by atoms with Gasteiger partial charge in [-0.1, -0.05) is 17.7 Å². The van der Waals surface area contributed by atoms with Gasteiger partial charge in [-0.3, -0.25) is 4.72 Å². The molecule has 21 heavy (non-hydrogen) atoms. The summed E-state index contributed by atoms with van der Waals surface area (Å²) in [4.78, 5) is -0.130. The molecule has 0 aliphatic heterocycles. The molecule has 2 rings (SSSR count). The fourth-order valence-corrected chi connectivity index (χ4v) is 3.38. The average Bonchev–Trinajstić information content (AvgIpc) is 2.43. The lowest BCUT2D eigenvalue weighted by molar-refractivity contribution is 0.415. The summed E-state index contributed by atoms with van der Waals surface area (Å²) >= 11 is 5.99. The fraction of sp³-hybridized carbons (Fsp3) is 0.143. The molecule has 0 bridgehead atoms. The van der Waals surface area contributed by atoms with Gasteiger partial charge in [0.25, 0.3) is 10.0 Å². The van der Waals surface area contributed by atoms with Crippen LogP contribution in [0.2, 0.25) is 5.02 Å². The van der Waals surface area contributed by atoms with Gasteiger partial charge in [0.15, 0.2) is 0 Å². The molecule has 1 N–H and O–H groups in total. The van der Waals surface area contributed by atoms with Gasteiger partial charge in [-0.25, -0.2) is 12.8 Å². The second-order valence-electron chi connectivity index (χ2n) is 4.36. The molecule has 0 fully saturated rings. The van der Waals surface area contributed by atoms with Crippen LogP contribution in [0.3, 0.4) is 0 Å². The number of benzene rings is 2. The molecule has 112 valence electrons. The number of nitrogens with one attached hydrogen (secondary N) is 1. The maximum Gasteiger partial charge on any atom is 0.262 e. The number of hydrogen-bond donors (Lipinski definition) is 1. The third kappa shape index (κ3) is 3.46. The second kappa shape index (κ2) is 5.91. The van der Waals surface area contributed by atoms with Gasteiger partial charge >= 0.3 is 0 Å². The number of rotatable bonds is 4. The van der Waals surface area contributed by atoms with Crippen molar-refractivity contribution in [3.05, 3.63) is 52.8 Å². The highest BCUT2D eigenvalue weighted by atomic mass is 35.5. The fourth-order valence-electron chi connectivity index (χ4n) is 1.77. The van der Waals surface area contributed by atoms with Crippen LogP contribution in [0.1, 0.15) is 5.56 Å². The van der Waals surface area contributed by atoms with Gasteiger partial charge in [-0.15, -0.1) is 0 Å². The summed E-state index contributed by atoms with van der Waals surface area (Å²) in [5, 5.41) is 0.187. The zero-order valence-corrected chi connectivity index (χ0v) is 12.9. The summed E-state index contributed by atoms with van der Waals surface area (Å²) in [6.07, 6.45) is 0. The maximum atomic E-state index is 13.3. The van der Waals surface area contributed by atoms with E-state index in [4.69, 9.17) is 16.3 Å². The standard InChI is InChI=1S/C14H13ClFNO3S/c1-9-3-4-10(16)7-14(9)21(18,19)17-13-6-5-11(20-2)8-12(13)15/h3-8,17H,1-2H3. The first-order valence-electron chi connectivity index (χ1n) is 5.96. The van der Waals surface area contributed by atoms with Crippen molar-refractivity contribution in [1.82, 2.24) is 0 Å². The maximum absolute atomic E-state index is 13.3. The zero-order chi connectivity index (χ0) is 15.6. The largest absolute Gasteiger partial charge is 0.497 e. The van der Waals surface area contributed by atoms with Crippen molar-refractivity contribution < 1.29 is 17.5 Å². The van der Waals surface area contributed by atoms with E-state index in [9.17, 15) is 12.8 Å². The number of aryl methyl sites for hydroxylation is 1. The first kappa shape index (κ1) is 15.6. The van der Waals surface area contributed by atoms with E-state index in [0.29, 0.717) is 11.3 Å². The van der Waals surface area contributed by atoms with Gasteiger partial charge < -0.3 is 4.74 Å². The normalized spacial score (nSPS) is 11.2. The van der Waals surface area contributed by atoms with Crippen molar-refractivity contribution in [3.63, 3.8) is 0 Å². The van der Waals surface area contributed by atoms with Crippen molar-refractivity contribution >= 4 is 27.3 Å². The van der Waals surface area contributed by atoms with Crippen LogP contribution in [0.4, 0.5) is 10.1 Å². The monoisotopic (exact) mass is 329 g/mol. The van der Waals surface area contributed by atoms with Crippen molar-refractivity contribution in [2.75, 3.05) is 11.8 Å². The van der Waals surface area contributed by atoms with Crippen molar-refractivity contribution in [2.45, 2.75) is 11.8 Å². The minimum absolute atomic E-state index is 0.130. The molecule has 0 saturated carbocycles. The number of halogens is 2. The first-order valence-corrected chi connectivity index (χ1v) is 7.82. The highest BCUT2D eigenvalue weighted by Gasteiger charge is 2.19. The molecule has 0 aliphatic rings. The van der Waals surface area contributed by atoms with E-state index in [-0.39, 0.29) is 15.6 Å². The predicted octanol–water partition coefficient (Wildman–Crippen LogP) is 3.60. The highest BCUT2D eigenvalue weighted by molar-refractivity contribution is 7.92. The molecule has 0 amide bonds. The van der Waals surface area contributed by atoms with E-state index in [1.807, 2.05) is 0 Å². The summed E-state index contributed by atoms with van der Waals surface area (Å²) in [6, 6.07) is 8.11. The summed E-state index contributed by atoms with van der Waals surface area (Å²) < 4.78 is 45.2. The van der Waals surface area contributed by atoms with Crippen LogP contribution < -0.4 is 9.46 Å². The second-order valence-corrected chi connectivity index (χ2v) is 6.42. The molecule has 0 saturated heterocycles. The third-order valence-electron chi connectivity index (χ3n) is 2.86. The van der Waals surface area contributed by atoms with E-state index < -0.39 is 15.8 Å². The average molecular weight is 330 g/mol.